The van der Waals surface area contributed by atoms with E-state index < -0.39 is 35.1 Å². The summed E-state index contributed by atoms with van der Waals surface area (Å²) in [4.78, 5) is 27.1. The number of carbonyl (C=O) groups excluding carboxylic acids is 2. The second-order valence-corrected chi connectivity index (χ2v) is 7.26. The maximum atomic E-state index is 14.6. The van der Waals surface area contributed by atoms with Crippen LogP contribution >= 0.6 is 0 Å². The average molecular weight is 419 g/mol. The van der Waals surface area contributed by atoms with Gasteiger partial charge >= 0.3 is 0 Å². The Morgan fingerprint density at radius 2 is 1.58 bits per heavy atom. The Morgan fingerprint density at radius 1 is 0.935 bits per heavy atom. The van der Waals surface area contributed by atoms with E-state index in [2.05, 4.69) is 0 Å². The van der Waals surface area contributed by atoms with Gasteiger partial charge in [-0.3, -0.25) is 14.5 Å². The first kappa shape index (κ1) is 20.5. The van der Waals surface area contributed by atoms with Crippen molar-refractivity contribution in [2.45, 2.75) is 18.9 Å². The van der Waals surface area contributed by atoms with Crippen LogP contribution in [0.15, 0.2) is 90.2 Å². The van der Waals surface area contributed by atoms with Crippen LogP contribution < -0.4 is 4.90 Å². The summed E-state index contributed by atoms with van der Waals surface area (Å²) in [6.45, 7) is 0. The third-order valence-corrected chi connectivity index (χ3v) is 5.28. The Morgan fingerprint density at radius 3 is 2.23 bits per heavy atom. The van der Waals surface area contributed by atoms with Gasteiger partial charge in [-0.15, -0.1) is 0 Å². The van der Waals surface area contributed by atoms with Crippen molar-refractivity contribution in [1.29, 1.82) is 0 Å². The smallest absolute Gasteiger partial charge is 0.294 e. The number of aryl methyl sites for hydroxylation is 1. The lowest BCUT2D eigenvalue weighted by atomic mass is 9.93. The van der Waals surface area contributed by atoms with E-state index in [9.17, 15) is 23.5 Å². The van der Waals surface area contributed by atoms with Crippen LogP contribution in [0.25, 0.3) is 0 Å². The molecule has 6 heteroatoms. The number of Topliss-reactive ketones (excluding diaryl/α,β-unsaturated/α-hetero) is 1. The van der Waals surface area contributed by atoms with Crippen LogP contribution in [-0.4, -0.2) is 16.8 Å². The minimum Gasteiger partial charge on any atom is -0.503 e. The lowest BCUT2D eigenvalue weighted by Crippen LogP contribution is -2.31. The van der Waals surface area contributed by atoms with Gasteiger partial charge in [0.25, 0.3) is 5.91 Å². The number of hydrogen-bond acceptors (Lipinski definition) is 3. The number of carbonyl (C=O) groups is 2. The largest absolute Gasteiger partial charge is 0.503 e. The fraction of sp³-hybridized carbons (Fsp3) is 0.120. The summed E-state index contributed by atoms with van der Waals surface area (Å²) in [5, 5.41) is 10.6. The van der Waals surface area contributed by atoms with Crippen LogP contribution in [-0.2, 0) is 16.0 Å². The molecule has 1 aliphatic heterocycles. The van der Waals surface area contributed by atoms with Crippen LogP contribution in [0.1, 0.15) is 23.6 Å². The molecule has 3 aromatic carbocycles. The molecule has 31 heavy (non-hydrogen) atoms. The molecule has 1 N–H and O–H groups in total. The molecule has 1 atom stereocenters. The van der Waals surface area contributed by atoms with Crippen molar-refractivity contribution in [1.82, 2.24) is 0 Å². The monoisotopic (exact) mass is 419 g/mol. The molecule has 0 fully saturated rings. The van der Waals surface area contributed by atoms with E-state index in [0.717, 1.165) is 22.6 Å². The number of rotatable bonds is 6. The van der Waals surface area contributed by atoms with E-state index in [4.69, 9.17) is 0 Å². The van der Waals surface area contributed by atoms with Gasteiger partial charge in [0.1, 0.15) is 11.6 Å². The van der Waals surface area contributed by atoms with Crippen molar-refractivity contribution >= 4 is 17.4 Å². The van der Waals surface area contributed by atoms with E-state index in [1.54, 1.807) is 30.3 Å². The molecule has 3 aromatic rings. The summed E-state index contributed by atoms with van der Waals surface area (Å²) in [6.07, 6.45) is 0.497. The summed E-state index contributed by atoms with van der Waals surface area (Å²) in [5.41, 5.74) is 1.18. The van der Waals surface area contributed by atoms with Crippen molar-refractivity contribution in [2.24, 2.45) is 0 Å². The molecule has 4 nitrogen and oxygen atoms in total. The summed E-state index contributed by atoms with van der Waals surface area (Å²) < 4.78 is 28.0. The van der Waals surface area contributed by atoms with Gasteiger partial charge in [-0.1, -0.05) is 60.7 Å². The van der Waals surface area contributed by atoms with Gasteiger partial charge in [0, 0.05) is 12.5 Å². The Bertz CT molecular complexity index is 1160. The van der Waals surface area contributed by atoms with Gasteiger partial charge < -0.3 is 5.11 Å². The van der Waals surface area contributed by atoms with Gasteiger partial charge in [-0.25, -0.2) is 8.78 Å². The Kier molecular flexibility index (Phi) is 5.62. The number of nitrogens with zero attached hydrogens (tertiary/aromatic N) is 1. The summed E-state index contributed by atoms with van der Waals surface area (Å²) in [7, 11) is 0. The van der Waals surface area contributed by atoms with Gasteiger partial charge in [0.2, 0.25) is 0 Å². The van der Waals surface area contributed by atoms with Crippen molar-refractivity contribution in [3.63, 3.8) is 0 Å². The van der Waals surface area contributed by atoms with Crippen molar-refractivity contribution in [3.8, 4) is 0 Å². The molecule has 0 aromatic heterocycles. The van der Waals surface area contributed by atoms with E-state index in [1.165, 1.54) is 0 Å². The van der Waals surface area contributed by atoms with Crippen LogP contribution in [0.3, 0.4) is 0 Å². The number of hydrogen-bond donors (Lipinski definition) is 1. The standard InChI is InChI=1S/C25H19F2NO3/c26-18-12-13-20(19(27)15-18)28-23(17-9-5-2-6-10-17)22(24(30)25(28)31)21(29)14-11-16-7-3-1-4-8-16/h1-10,12-13,15,23,30H,11,14H2. The Hall–Kier alpha value is -3.80. The molecule has 1 aliphatic rings. The number of halogens is 2. The first-order valence-electron chi connectivity index (χ1n) is 9.81. The number of aliphatic hydroxyl groups is 1. The number of aliphatic hydroxyl groups excluding tert-OH is 1. The van der Waals surface area contributed by atoms with Gasteiger partial charge in [0.15, 0.2) is 11.5 Å². The molecule has 156 valence electrons. The van der Waals surface area contributed by atoms with Crippen LogP contribution in [0.5, 0.6) is 0 Å². The zero-order chi connectivity index (χ0) is 22.0. The number of benzene rings is 3. The normalized spacial score (nSPS) is 16.1. The summed E-state index contributed by atoms with van der Waals surface area (Å²) in [6, 6.07) is 19.8. The highest BCUT2D eigenvalue weighted by Crippen LogP contribution is 2.42. The highest BCUT2D eigenvalue weighted by atomic mass is 19.1. The molecule has 1 heterocycles. The molecule has 1 amide bonds. The van der Waals surface area contributed by atoms with Crippen LogP contribution in [0, 0.1) is 11.6 Å². The first-order chi connectivity index (χ1) is 15.0. The molecule has 0 spiro atoms. The first-order valence-corrected chi connectivity index (χ1v) is 9.81. The number of ketones is 1. The second-order valence-electron chi connectivity index (χ2n) is 7.26. The fourth-order valence-corrected chi connectivity index (χ4v) is 3.80. The molecule has 4 rings (SSSR count). The van der Waals surface area contributed by atoms with Crippen LogP contribution in [0.2, 0.25) is 0 Å². The molecule has 0 saturated carbocycles. The lowest BCUT2D eigenvalue weighted by molar-refractivity contribution is -0.118. The SMILES string of the molecule is O=C(CCc1ccccc1)C1=C(O)C(=O)N(c2ccc(F)cc2F)C1c1ccccc1. The predicted molar refractivity (Wildman–Crippen MR) is 112 cm³/mol. The summed E-state index contributed by atoms with van der Waals surface area (Å²) in [5.74, 6) is -3.77. The zero-order valence-corrected chi connectivity index (χ0v) is 16.5. The van der Waals surface area contributed by atoms with Crippen molar-refractivity contribution in [3.05, 3.63) is 113 Å². The highest BCUT2D eigenvalue weighted by molar-refractivity contribution is 6.16. The quantitative estimate of drug-likeness (QED) is 0.607. The predicted octanol–water partition coefficient (Wildman–Crippen LogP) is 5.07. The van der Waals surface area contributed by atoms with Gasteiger partial charge in [-0.2, -0.15) is 0 Å². The highest BCUT2D eigenvalue weighted by Gasteiger charge is 2.44. The Balaban J connectivity index is 1.74. The second kappa shape index (κ2) is 8.52. The van der Waals surface area contributed by atoms with Gasteiger partial charge in [0.05, 0.1) is 17.3 Å². The maximum absolute atomic E-state index is 14.6. The average Bonchev–Trinajstić information content (AvgIpc) is 3.04. The molecule has 0 aliphatic carbocycles. The fourth-order valence-electron chi connectivity index (χ4n) is 3.80. The van der Waals surface area contributed by atoms with E-state index in [0.29, 0.717) is 18.1 Å². The van der Waals surface area contributed by atoms with Crippen molar-refractivity contribution < 1.29 is 23.5 Å². The minimum atomic E-state index is -1.02. The number of anilines is 1. The summed E-state index contributed by atoms with van der Waals surface area (Å²) >= 11 is 0. The topological polar surface area (TPSA) is 57.6 Å². The van der Waals surface area contributed by atoms with E-state index in [1.807, 2.05) is 30.3 Å². The molecular formula is C25H19F2NO3. The van der Waals surface area contributed by atoms with Crippen LogP contribution in [0.4, 0.5) is 14.5 Å². The van der Waals surface area contributed by atoms with E-state index >= 15 is 0 Å². The van der Waals surface area contributed by atoms with E-state index in [-0.39, 0.29) is 17.7 Å². The molecular weight excluding hydrogens is 400 g/mol. The molecule has 0 radical (unpaired) electrons. The van der Waals surface area contributed by atoms with Gasteiger partial charge in [-0.05, 0) is 29.7 Å². The van der Waals surface area contributed by atoms with Crippen molar-refractivity contribution in [2.75, 3.05) is 4.90 Å². The third-order valence-electron chi connectivity index (χ3n) is 5.28. The molecule has 0 bridgehead atoms. The Labute approximate surface area is 178 Å². The molecule has 0 saturated heterocycles. The zero-order valence-electron chi connectivity index (χ0n) is 16.5. The third kappa shape index (κ3) is 3.97. The minimum absolute atomic E-state index is 0.0692. The maximum Gasteiger partial charge on any atom is 0.294 e. The lowest BCUT2D eigenvalue weighted by Gasteiger charge is -2.27. The molecule has 1 unspecified atom stereocenters. The number of amides is 1.